The molecule has 3 rings (SSSR count). The summed E-state index contributed by atoms with van der Waals surface area (Å²) in [7, 11) is 0. The molecule has 8 heteroatoms. The Morgan fingerprint density at radius 3 is 2.53 bits per heavy atom. The first-order valence-corrected chi connectivity index (χ1v) is 10.9. The van der Waals surface area contributed by atoms with Crippen molar-refractivity contribution in [2.75, 3.05) is 11.9 Å². The third kappa shape index (κ3) is 6.67. The van der Waals surface area contributed by atoms with Crippen LogP contribution < -0.4 is 15.5 Å². The lowest BCUT2D eigenvalue weighted by atomic mass is 10.1. The van der Waals surface area contributed by atoms with Crippen LogP contribution >= 0.6 is 27.5 Å². The van der Waals surface area contributed by atoms with Crippen LogP contribution in [-0.2, 0) is 4.79 Å². The van der Waals surface area contributed by atoms with Crippen LogP contribution in [0.4, 0.5) is 5.69 Å². The SMILES string of the molecule is Cc1ccc(C(=O)NN=Cc2cc(Br)ccc2OCC(=O)Nc2ccc(C)c(Cl)c2)cc1. The fraction of sp³-hybridized carbons (Fsp3) is 0.125. The van der Waals surface area contributed by atoms with Crippen LogP contribution in [0, 0.1) is 13.8 Å². The maximum Gasteiger partial charge on any atom is 0.271 e. The molecule has 3 aromatic rings. The van der Waals surface area contributed by atoms with Gasteiger partial charge in [-0.25, -0.2) is 5.43 Å². The highest BCUT2D eigenvalue weighted by molar-refractivity contribution is 9.10. The minimum absolute atomic E-state index is 0.205. The summed E-state index contributed by atoms with van der Waals surface area (Å²) in [6.45, 7) is 3.63. The first kappa shape index (κ1) is 23.5. The quantitative estimate of drug-likeness (QED) is 0.323. The zero-order valence-electron chi connectivity index (χ0n) is 17.5. The Hall–Kier alpha value is -3.16. The number of benzene rings is 3. The third-order valence-electron chi connectivity index (χ3n) is 4.47. The number of nitrogens with one attached hydrogen (secondary N) is 2. The number of hydrogen-bond acceptors (Lipinski definition) is 4. The van der Waals surface area contributed by atoms with E-state index in [1.54, 1.807) is 42.5 Å². The summed E-state index contributed by atoms with van der Waals surface area (Å²) in [4.78, 5) is 24.5. The van der Waals surface area contributed by atoms with E-state index in [1.807, 2.05) is 32.0 Å². The maximum absolute atomic E-state index is 12.3. The summed E-state index contributed by atoms with van der Waals surface area (Å²) in [5.74, 6) is -0.211. The van der Waals surface area contributed by atoms with Gasteiger partial charge in [-0.2, -0.15) is 5.10 Å². The predicted octanol–water partition coefficient (Wildman–Crippen LogP) is 5.50. The number of halogens is 2. The van der Waals surface area contributed by atoms with E-state index in [2.05, 4.69) is 31.8 Å². The summed E-state index contributed by atoms with van der Waals surface area (Å²) < 4.78 is 6.47. The number of hydrogen-bond donors (Lipinski definition) is 2. The Bertz CT molecular complexity index is 1160. The molecule has 0 spiro atoms. The molecule has 0 aliphatic heterocycles. The summed E-state index contributed by atoms with van der Waals surface area (Å²) in [6, 6.07) is 17.7. The standard InChI is InChI=1S/C24H21BrClN3O3/c1-15-3-6-17(7-4-15)24(31)29-27-13-18-11-19(25)8-10-22(18)32-14-23(30)28-20-9-5-16(2)21(26)12-20/h3-13H,14H2,1-2H3,(H,28,30)(H,29,31). The van der Waals surface area contributed by atoms with Crippen molar-refractivity contribution in [3.8, 4) is 5.75 Å². The highest BCUT2D eigenvalue weighted by Crippen LogP contribution is 2.23. The number of hydrazone groups is 1. The average molecular weight is 515 g/mol. The molecular weight excluding hydrogens is 494 g/mol. The van der Waals surface area contributed by atoms with Crippen molar-refractivity contribution in [3.05, 3.63) is 92.4 Å². The van der Waals surface area contributed by atoms with Crippen LogP contribution in [0.15, 0.2) is 70.2 Å². The third-order valence-corrected chi connectivity index (χ3v) is 5.37. The van der Waals surface area contributed by atoms with Crippen molar-refractivity contribution in [3.63, 3.8) is 0 Å². The first-order valence-electron chi connectivity index (χ1n) is 9.70. The number of amides is 2. The fourth-order valence-electron chi connectivity index (χ4n) is 2.69. The molecule has 3 aromatic carbocycles. The van der Waals surface area contributed by atoms with Crippen molar-refractivity contribution < 1.29 is 14.3 Å². The fourth-order valence-corrected chi connectivity index (χ4v) is 3.25. The van der Waals surface area contributed by atoms with E-state index in [0.717, 1.165) is 15.6 Å². The van der Waals surface area contributed by atoms with Gasteiger partial charge in [0.1, 0.15) is 5.75 Å². The number of carbonyl (C=O) groups is 2. The van der Waals surface area contributed by atoms with Crippen molar-refractivity contribution in [2.24, 2.45) is 5.10 Å². The van der Waals surface area contributed by atoms with Gasteiger partial charge in [-0.1, -0.05) is 51.3 Å². The summed E-state index contributed by atoms with van der Waals surface area (Å²) >= 11 is 9.49. The number of carbonyl (C=O) groups excluding carboxylic acids is 2. The van der Waals surface area contributed by atoms with Crippen molar-refractivity contribution in [1.82, 2.24) is 5.43 Å². The number of nitrogens with zero attached hydrogens (tertiary/aromatic N) is 1. The molecule has 6 nitrogen and oxygen atoms in total. The monoisotopic (exact) mass is 513 g/mol. The Balaban J connectivity index is 1.62. The van der Waals surface area contributed by atoms with Gasteiger partial charge in [-0.15, -0.1) is 0 Å². The molecule has 2 amide bonds. The molecular formula is C24H21BrClN3O3. The van der Waals surface area contributed by atoms with E-state index in [9.17, 15) is 9.59 Å². The predicted molar refractivity (Wildman–Crippen MR) is 131 cm³/mol. The van der Waals surface area contributed by atoms with Crippen LogP contribution in [0.1, 0.15) is 27.0 Å². The zero-order chi connectivity index (χ0) is 23.1. The Morgan fingerprint density at radius 1 is 1.06 bits per heavy atom. The van der Waals surface area contributed by atoms with Gasteiger partial charge in [0.25, 0.3) is 11.8 Å². The van der Waals surface area contributed by atoms with Crippen molar-refractivity contribution >= 4 is 51.2 Å². The second-order valence-corrected chi connectivity index (χ2v) is 8.37. The molecule has 0 saturated heterocycles. The van der Waals surface area contributed by atoms with Gasteiger partial charge in [-0.3, -0.25) is 9.59 Å². The van der Waals surface area contributed by atoms with E-state index >= 15 is 0 Å². The topological polar surface area (TPSA) is 79.8 Å². The number of anilines is 1. The number of aryl methyl sites for hydroxylation is 2. The molecule has 0 fully saturated rings. The van der Waals surface area contributed by atoms with E-state index in [4.69, 9.17) is 16.3 Å². The highest BCUT2D eigenvalue weighted by Gasteiger charge is 2.09. The summed E-state index contributed by atoms with van der Waals surface area (Å²) in [5.41, 5.74) is 6.17. The van der Waals surface area contributed by atoms with Gasteiger partial charge < -0.3 is 10.1 Å². The van der Waals surface area contributed by atoms with Crippen molar-refractivity contribution in [2.45, 2.75) is 13.8 Å². The lowest BCUT2D eigenvalue weighted by molar-refractivity contribution is -0.118. The molecule has 0 bridgehead atoms. The molecule has 0 aliphatic carbocycles. The largest absolute Gasteiger partial charge is 0.483 e. The second-order valence-electron chi connectivity index (χ2n) is 7.05. The lowest BCUT2D eigenvalue weighted by Gasteiger charge is -2.11. The highest BCUT2D eigenvalue weighted by atomic mass is 79.9. The molecule has 0 unspecified atom stereocenters. The van der Waals surface area contributed by atoms with E-state index in [-0.39, 0.29) is 18.4 Å². The van der Waals surface area contributed by atoms with E-state index < -0.39 is 0 Å². The average Bonchev–Trinajstić information content (AvgIpc) is 2.76. The van der Waals surface area contributed by atoms with Gasteiger partial charge in [0, 0.05) is 26.3 Å². The van der Waals surface area contributed by atoms with E-state index in [0.29, 0.717) is 27.6 Å². The molecule has 32 heavy (non-hydrogen) atoms. The summed E-state index contributed by atoms with van der Waals surface area (Å²) in [6.07, 6.45) is 1.46. The van der Waals surface area contributed by atoms with Crippen LogP contribution in [0.2, 0.25) is 5.02 Å². The van der Waals surface area contributed by atoms with Crippen LogP contribution in [0.3, 0.4) is 0 Å². The second kappa shape index (κ2) is 10.9. The molecule has 0 aromatic heterocycles. The van der Waals surface area contributed by atoms with Crippen LogP contribution in [-0.4, -0.2) is 24.6 Å². The number of ether oxygens (including phenoxy) is 1. The molecule has 0 saturated carbocycles. The Labute approximate surface area is 199 Å². The zero-order valence-corrected chi connectivity index (χ0v) is 19.8. The molecule has 0 aliphatic rings. The van der Waals surface area contributed by atoms with Gasteiger partial charge in [0.15, 0.2) is 6.61 Å². The Kier molecular flexibility index (Phi) is 8.03. The lowest BCUT2D eigenvalue weighted by Crippen LogP contribution is -2.20. The minimum atomic E-state index is -0.330. The smallest absolute Gasteiger partial charge is 0.271 e. The van der Waals surface area contributed by atoms with Gasteiger partial charge in [-0.05, 0) is 61.9 Å². The summed E-state index contributed by atoms with van der Waals surface area (Å²) in [5, 5.41) is 7.33. The Morgan fingerprint density at radius 2 is 1.81 bits per heavy atom. The first-order chi connectivity index (χ1) is 15.3. The molecule has 0 atom stereocenters. The minimum Gasteiger partial charge on any atom is -0.483 e. The normalized spacial score (nSPS) is 10.8. The van der Waals surface area contributed by atoms with Gasteiger partial charge in [0.2, 0.25) is 0 Å². The molecule has 0 heterocycles. The number of rotatable bonds is 7. The molecule has 0 radical (unpaired) electrons. The van der Waals surface area contributed by atoms with Gasteiger partial charge in [0.05, 0.1) is 6.21 Å². The molecule has 164 valence electrons. The van der Waals surface area contributed by atoms with Gasteiger partial charge >= 0.3 is 0 Å². The van der Waals surface area contributed by atoms with Crippen LogP contribution in [0.25, 0.3) is 0 Å². The maximum atomic E-state index is 12.3. The van der Waals surface area contributed by atoms with Crippen molar-refractivity contribution in [1.29, 1.82) is 0 Å². The van der Waals surface area contributed by atoms with Crippen LogP contribution in [0.5, 0.6) is 5.75 Å². The van der Waals surface area contributed by atoms with E-state index in [1.165, 1.54) is 6.21 Å². The molecule has 2 N–H and O–H groups in total.